The Morgan fingerprint density at radius 3 is 2.35 bits per heavy atom. The molecule has 1 aliphatic carbocycles. The van der Waals surface area contributed by atoms with Gasteiger partial charge in [0.1, 0.15) is 11.8 Å². The molecular formula is C44H51ClF3N5O4. The second kappa shape index (κ2) is 17.5. The van der Waals surface area contributed by atoms with Gasteiger partial charge in [-0.15, -0.1) is 0 Å². The van der Waals surface area contributed by atoms with Gasteiger partial charge in [-0.1, -0.05) is 42.6 Å². The molecule has 3 fully saturated rings. The van der Waals surface area contributed by atoms with Crippen molar-refractivity contribution in [2.45, 2.75) is 76.4 Å². The van der Waals surface area contributed by atoms with Gasteiger partial charge in [-0.25, -0.2) is 0 Å². The molecule has 0 bridgehead atoms. The van der Waals surface area contributed by atoms with Gasteiger partial charge >= 0.3 is 6.18 Å². The fourth-order valence-corrected chi connectivity index (χ4v) is 9.14. The molecule has 3 aliphatic heterocycles. The number of piperidine rings is 2. The van der Waals surface area contributed by atoms with Gasteiger partial charge in [0.2, 0.25) is 11.8 Å². The number of methoxy groups -OCH3 is 1. The molecule has 0 spiro atoms. The minimum Gasteiger partial charge on any atom is -0.501 e. The monoisotopic (exact) mass is 805 g/mol. The van der Waals surface area contributed by atoms with Crippen LogP contribution in [0.3, 0.4) is 0 Å². The van der Waals surface area contributed by atoms with Gasteiger partial charge in [0.15, 0.2) is 0 Å². The predicted molar refractivity (Wildman–Crippen MR) is 219 cm³/mol. The van der Waals surface area contributed by atoms with Crippen molar-refractivity contribution < 1.29 is 27.5 Å². The molecule has 2 aromatic carbocycles. The number of allylic oxidation sites excluding steroid dienone is 5. The second-order valence-electron chi connectivity index (χ2n) is 16.0. The van der Waals surface area contributed by atoms with Crippen molar-refractivity contribution in [3.05, 3.63) is 98.7 Å². The molecule has 4 aliphatic rings. The normalized spacial score (nSPS) is 21.8. The SMILES string of the molecule is COC1=CC(c2cn(C)c(=O)c3ccccc23)=CC(Cl)=C(CN2CCCC(CCC3CCN(c4ccc(NC5CCC(=O)NC5=O)cc4C(F)(F)F)CC3)CC2)C1. The predicted octanol–water partition coefficient (Wildman–Crippen LogP) is 8.38. The van der Waals surface area contributed by atoms with Gasteiger partial charge < -0.3 is 19.5 Å². The summed E-state index contributed by atoms with van der Waals surface area (Å²) in [6.45, 7) is 3.83. The number of carbonyl (C=O) groups excluding carboxylic acids is 2. The summed E-state index contributed by atoms with van der Waals surface area (Å²) >= 11 is 7.07. The van der Waals surface area contributed by atoms with Crippen LogP contribution in [0.5, 0.6) is 0 Å². The topological polar surface area (TPSA) is 95.9 Å². The van der Waals surface area contributed by atoms with E-state index in [1.165, 1.54) is 6.07 Å². The van der Waals surface area contributed by atoms with E-state index >= 15 is 0 Å². The third kappa shape index (κ3) is 9.60. The van der Waals surface area contributed by atoms with Gasteiger partial charge in [0.05, 0.1) is 12.7 Å². The van der Waals surface area contributed by atoms with Crippen molar-refractivity contribution in [3.8, 4) is 0 Å². The summed E-state index contributed by atoms with van der Waals surface area (Å²) in [6, 6.07) is 11.1. The molecule has 1 aromatic heterocycles. The number of ether oxygens (including phenoxy) is 1. The molecule has 57 heavy (non-hydrogen) atoms. The highest BCUT2D eigenvalue weighted by atomic mass is 35.5. The minimum atomic E-state index is -4.55. The van der Waals surface area contributed by atoms with Crippen LogP contribution in [0, 0.1) is 11.8 Å². The van der Waals surface area contributed by atoms with Gasteiger partial charge in [0.25, 0.3) is 5.56 Å². The molecule has 9 nitrogen and oxygen atoms in total. The average Bonchev–Trinajstić information content (AvgIpc) is 3.52. The molecule has 7 rings (SSSR count). The maximum atomic E-state index is 14.3. The van der Waals surface area contributed by atoms with Gasteiger partial charge in [0, 0.05) is 73.1 Å². The molecule has 2 N–H and O–H groups in total. The van der Waals surface area contributed by atoms with Crippen molar-refractivity contribution in [1.29, 1.82) is 0 Å². The number of benzene rings is 2. The van der Waals surface area contributed by atoms with E-state index in [-0.39, 0.29) is 35.7 Å². The van der Waals surface area contributed by atoms with Crippen molar-refractivity contribution in [1.82, 2.24) is 14.8 Å². The number of pyridine rings is 1. The average molecular weight is 806 g/mol. The van der Waals surface area contributed by atoms with E-state index in [2.05, 4.69) is 15.5 Å². The molecule has 4 heterocycles. The Hall–Kier alpha value is -4.55. The van der Waals surface area contributed by atoms with Crippen molar-refractivity contribution in [2.24, 2.45) is 18.9 Å². The first-order chi connectivity index (χ1) is 27.4. The Morgan fingerprint density at radius 1 is 0.912 bits per heavy atom. The number of aryl methyl sites for hydroxylation is 1. The van der Waals surface area contributed by atoms with Crippen LogP contribution in [-0.2, 0) is 27.5 Å². The van der Waals surface area contributed by atoms with E-state index in [0.717, 1.165) is 98.5 Å². The Morgan fingerprint density at radius 2 is 1.63 bits per heavy atom. The molecule has 0 saturated carbocycles. The van der Waals surface area contributed by atoms with Gasteiger partial charge in [-0.2, -0.15) is 13.2 Å². The number of halogens is 4. The number of nitrogens with one attached hydrogen (secondary N) is 2. The lowest BCUT2D eigenvalue weighted by Crippen LogP contribution is -2.47. The number of anilines is 2. The summed E-state index contributed by atoms with van der Waals surface area (Å²) in [5, 5.41) is 7.35. The molecule has 13 heteroatoms. The molecular weight excluding hydrogens is 755 g/mol. The Labute approximate surface area is 336 Å². The van der Waals surface area contributed by atoms with Crippen LogP contribution < -0.4 is 21.1 Å². The fourth-order valence-electron chi connectivity index (χ4n) is 8.90. The summed E-state index contributed by atoms with van der Waals surface area (Å²) < 4.78 is 50.3. The van der Waals surface area contributed by atoms with E-state index in [1.54, 1.807) is 24.8 Å². The number of amides is 2. The number of hydrogen-bond acceptors (Lipinski definition) is 7. The first kappa shape index (κ1) is 40.6. The molecule has 2 unspecified atom stereocenters. The smallest absolute Gasteiger partial charge is 0.418 e. The maximum Gasteiger partial charge on any atom is 0.418 e. The van der Waals surface area contributed by atoms with Crippen LogP contribution >= 0.6 is 11.6 Å². The number of hydrogen-bond donors (Lipinski definition) is 2. The number of rotatable bonds is 10. The summed E-state index contributed by atoms with van der Waals surface area (Å²) in [5.41, 5.74) is 2.55. The van der Waals surface area contributed by atoms with Gasteiger partial charge in [-0.05, 0) is 116 Å². The summed E-state index contributed by atoms with van der Waals surface area (Å²) in [4.78, 5) is 40.8. The van der Waals surface area contributed by atoms with Crippen molar-refractivity contribution >= 4 is 51.1 Å². The highest BCUT2D eigenvalue weighted by Crippen LogP contribution is 2.41. The lowest BCUT2D eigenvalue weighted by molar-refractivity contribution is -0.137. The third-order valence-corrected chi connectivity index (χ3v) is 12.5. The summed E-state index contributed by atoms with van der Waals surface area (Å²) in [7, 11) is 3.45. The molecule has 2 atom stereocenters. The zero-order chi connectivity index (χ0) is 40.3. The van der Waals surface area contributed by atoms with E-state index in [9.17, 15) is 27.6 Å². The van der Waals surface area contributed by atoms with Crippen LogP contribution in [0.1, 0.15) is 75.3 Å². The van der Waals surface area contributed by atoms with E-state index in [4.69, 9.17) is 16.3 Å². The lowest BCUT2D eigenvalue weighted by Gasteiger charge is -2.35. The van der Waals surface area contributed by atoms with Crippen LogP contribution in [0.25, 0.3) is 16.3 Å². The quantitative estimate of drug-likeness (QED) is 0.199. The zero-order valence-corrected chi connectivity index (χ0v) is 33.4. The van der Waals surface area contributed by atoms with Crippen LogP contribution in [0.2, 0.25) is 0 Å². The number of aromatic nitrogens is 1. The van der Waals surface area contributed by atoms with E-state index in [0.29, 0.717) is 41.8 Å². The molecule has 0 radical (unpaired) electrons. The second-order valence-corrected chi connectivity index (χ2v) is 16.4. The van der Waals surface area contributed by atoms with Crippen molar-refractivity contribution in [3.63, 3.8) is 0 Å². The Balaban J connectivity index is 0.928. The first-order valence-corrected chi connectivity index (χ1v) is 20.5. The number of alkyl halides is 3. The Kier molecular flexibility index (Phi) is 12.5. The van der Waals surface area contributed by atoms with Crippen LogP contribution in [0.4, 0.5) is 24.5 Å². The largest absolute Gasteiger partial charge is 0.501 e. The number of nitrogens with zero attached hydrogens (tertiary/aromatic N) is 3. The summed E-state index contributed by atoms with van der Waals surface area (Å²) in [5.74, 6) is 0.997. The molecule has 2 amide bonds. The molecule has 3 saturated heterocycles. The van der Waals surface area contributed by atoms with Crippen LogP contribution in [0.15, 0.2) is 82.0 Å². The maximum absolute atomic E-state index is 14.3. The Bertz CT molecular complexity index is 2150. The molecule has 3 aromatic rings. The fraction of sp³-hybridized carbons (Fsp3) is 0.477. The van der Waals surface area contributed by atoms with Crippen LogP contribution in [-0.4, -0.2) is 67.2 Å². The summed E-state index contributed by atoms with van der Waals surface area (Å²) in [6.07, 6.45) is 9.55. The minimum absolute atomic E-state index is 0.0445. The standard InChI is InChI=1S/C44H51ClF3N5O4/c1-51-27-36(34-7-3-4-8-35(34)43(51)56)30-22-33(57-2)23-31(38(45)24-30)26-52-18-5-6-28(15-19-52)9-10-29-16-20-53(21-17-29)40-13-11-32(25-37(40)44(46,47)48)49-39-12-14-41(54)50-42(39)55/h3-4,7-8,11,13,22,24-25,27-29,39,49H,5-6,9-10,12,14-21,23,26H2,1-2H3,(H,50,54,55). The van der Waals surface area contributed by atoms with Gasteiger partial charge in [-0.3, -0.25) is 24.6 Å². The lowest BCUT2D eigenvalue weighted by atomic mass is 9.86. The number of fused-ring (bicyclic) bond motifs is 1. The number of likely N-dealkylation sites (tertiary alicyclic amines) is 1. The number of carbonyl (C=O) groups is 2. The first-order valence-electron chi connectivity index (χ1n) is 20.1. The molecule has 304 valence electrons. The third-order valence-electron chi connectivity index (χ3n) is 12.2. The number of imide groups is 1. The zero-order valence-electron chi connectivity index (χ0n) is 32.6. The van der Waals surface area contributed by atoms with E-state index < -0.39 is 23.7 Å². The highest BCUT2D eigenvalue weighted by Gasteiger charge is 2.37. The highest BCUT2D eigenvalue weighted by molar-refractivity contribution is 6.32. The van der Waals surface area contributed by atoms with E-state index in [1.807, 2.05) is 47.5 Å². The van der Waals surface area contributed by atoms with Crippen molar-refractivity contribution in [2.75, 3.05) is 50.1 Å².